The van der Waals surface area contributed by atoms with Crippen molar-refractivity contribution in [2.75, 3.05) is 26.7 Å². The summed E-state index contributed by atoms with van der Waals surface area (Å²) in [5.74, 6) is -0.132. The van der Waals surface area contributed by atoms with Crippen molar-refractivity contribution in [2.45, 2.75) is 45.6 Å². The van der Waals surface area contributed by atoms with Crippen LogP contribution in [0.15, 0.2) is 42.5 Å². The lowest BCUT2D eigenvalue weighted by Gasteiger charge is -2.35. The molecule has 1 aliphatic heterocycles. The summed E-state index contributed by atoms with van der Waals surface area (Å²) in [5.41, 5.74) is 0.728. The van der Waals surface area contributed by atoms with E-state index in [9.17, 15) is 14.0 Å². The van der Waals surface area contributed by atoms with Gasteiger partial charge in [0.15, 0.2) is 0 Å². The topological polar surface area (TPSA) is 49.9 Å². The minimum Gasteiger partial charge on any atom is -0.491 e. The Labute approximate surface area is 200 Å². The molecule has 5 nitrogen and oxygen atoms in total. The van der Waals surface area contributed by atoms with E-state index in [0.29, 0.717) is 24.4 Å². The second kappa shape index (κ2) is 11.5. The van der Waals surface area contributed by atoms with Crippen molar-refractivity contribution in [1.29, 1.82) is 0 Å². The molecule has 0 N–H and O–H groups in total. The van der Waals surface area contributed by atoms with E-state index in [1.165, 1.54) is 12.1 Å². The number of amides is 2. The van der Waals surface area contributed by atoms with Crippen LogP contribution >= 0.6 is 11.6 Å². The summed E-state index contributed by atoms with van der Waals surface area (Å²) < 4.78 is 20.5. The van der Waals surface area contributed by atoms with E-state index < -0.39 is 5.82 Å². The van der Waals surface area contributed by atoms with Gasteiger partial charge >= 0.3 is 0 Å². The number of para-hydroxylation sites is 1. The monoisotopic (exact) mass is 474 g/mol. The SMILES string of the molecule is CC(C)[C@H]1COc2ccccc2C(=O)N(C)CCCCCN1C(=O)Cc1c(F)cccc1Cl. The summed E-state index contributed by atoms with van der Waals surface area (Å²) in [4.78, 5) is 29.8. The highest BCUT2D eigenvalue weighted by atomic mass is 35.5. The van der Waals surface area contributed by atoms with Gasteiger partial charge in [-0.05, 0) is 49.4 Å². The molecule has 3 rings (SSSR count). The number of carbonyl (C=O) groups excluding carboxylic acids is 2. The Balaban J connectivity index is 1.89. The zero-order chi connectivity index (χ0) is 24.0. The van der Waals surface area contributed by atoms with Crippen LogP contribution in [0.3, 0.4) is 0 Å². The third-order valence-corrected chi connectivity index (χ3v) is 6.50. The summed E-state index contributed by atoms with van der Waals surface area (Å²) in [5, 5.41) is 0.252. The van der Waals surface area contributed by atoms with E-state index in [1.807, 2.05) is 26.0 Å². The van der Waals surface area contributed by atoms with Crippen molar-refractivity contribution >= 4 is 23.4 Å². The number of hydrogen-bond acceptors (Lipinski definition) is 3. The number of hydrogen-bond donors (Lipinski definition) is 0. The van der Waals surface area contributed by atoms with Crippen molar-refractivity contribution in [3.63, 3.8) is 0 Å². The molecule has 0 bridgehead atoms. The second-order valence-electron chi connectivity index (χ2n) is 8.87. The summed E-state index contributed by atoms with van der Waals surface area (Å²) in [7, 11) is 1.80. The van der Waals surface area contributed by atoms with E-state index in [-0.39, 0.29) is 47.4 Å². The van der Waals surface area contributed by atoms with Crippen LogP contribution in [0.2, 0.25) is 5.02 Å². The fraction of sp³-hybridized carbons (Fsp3) is 0.462. The number of rotatable bonds is 3. The molecule has 2 aromatic carbocycles. The normalized spacial score (nSPS) is 18.1. The fourth-order valence-electron chi connectivity index (χ4n) is 4.13. The van der Waals surface area contributed by atoms with Crippen molar-refractivity contribution in [3.05, 3.63) is 64.4 Å². The van der Waals surface area contributed by atoms with Gasteiger partial charge < -0.3 is 14.5 Å². The molecule has 0 unspecified atom stereocenters. The zero-order valence-corrected chi connectivity index (χ0v) is 20.3. The Hall–Kier alpha value is -2.60. The summed E-state index contributed by atoms with van der Waals surface area (Å²) in [6.07, 6.45) is 2.38. The predicted molar refractivity (Wildman–Crippen MR) is 128 cm³/mol. The molecule has 0 aromatic heterocycles. The Morgan fingerprint density at radius 3 is 2.58 bits per heavy atom. The zero-order valence-electron chi connectivity index (χ0n) is 19.5. The molecule has 0 radical (unpaired) electrons. The van der Waals surface area contributed by atoms with E-state index in [1.54, 1.807) is 35.0 Å². The van der Waals surface area contributed by atoms with Crippen LogP contribution in [-0.4, -0.2) is 54.4 Å². The summed E-state index contributed by atoms with van der Waals surface area (Å²) in [6.45, 7) is 5.47. The number of fused-ring (bicyclic) bond motifs is 1. The van der Waals surface area contributed by atoms with Gasteiger partial charge in [0.05, 0.1) is 18.0 Å². The first-order chi connectivity index (χ1) is 15.8. The molecule has 0 saturated carbocycles. The van der Waals surface area contributed by atoms with Crippen LogP contribution in [0, 0.1) is 11.7 Å². The minimum absolute atomic E-state index is 0.0759. The molecule has 1 atom stereocenters. The molecular weight excluding hydrogens is 443 g/mol. The Morgan fingerprint density at radius 1 is 1.12 bits per heavy atom. The van der Waals surface area contributed by atoms with Gasteiger partial charge in [0, 0.05) is 30.7 Å². The van der Waals surface area contributed by atoms with Crippen molar-refractivity contribution in [1.82, 2.24) is 9.80 Å². The summed E-state index contributed by atoms with van der Waals surface area (Å²) in [6, 6.07) is 11.4. The molecule has 0 aliphatic carbocycles. The Bertz CT molecular complexity index is 962. The first-order valence-corrected chi connectivity index (χ1v) is 11.9. The molecule has 1 heterocycles. The molecule has 0 fully saturated rings. The standard InChI is InChI=1S/C26H32ClFN2O3/c1-18(2)23-17-33-24-13-6-5-10-19(24)26(32)29(3)14-7-4-8-15-30(23)25(31)16-20-21(27)11-9-12-22(20)28/h5-6,9-13,18,23H,4,7-8,14-17H2,1-3H3/t23-/m1/s1. The van der Waals surface area contributed by atoms with Crippen LogP contribution in [0.25, 0.3) is 0 Å². The van der Waals surface area contributed by atoms with Gasteiger partial charge in [-0.1, -0.05) is 43.6 Å². The lowest BCUT2D eigenvalue weighted by Crippen LogP contribution is -2.48. The largest absolute Gasteiger partial charge is 0.491 e. The lowest BCUT2D eigenvalue weighted by molar-refractivity contribution is -0.134. The second-order valence-corrected chi connectivity index (χ2v) is 9.28. The molecule has 33 heavy (non-hydrogen) atoms. The van der Waals surface area contributed by atoms with E-state index in [0.717, 1.165) is 19.3 Å². The molecule has 178 valence electrons. The van der Waals surface area contributed by atoms with Crippen molar-refractivity contribution in [2.24, 2.45) is 5.92 Å². The molecule has 2 aromatic rings. The average Bonchev–Trinajstić information content (AvgIpc) is 2.79. The fourth-order valence-corrected chi connectivity index (χ4v) is 4.36. The van der Waals surface area contributed by atoms with Gasteiger partial charge in [0.1, 0.15) is 18.2 Å². The summed E-state index contributed by atoms with van der Waals surface area (Å²) >= 11 is 6.19. The van der Waals surface area contributed by atoms with Gasteiger partial charge in [-0.2, -0.15) is 0 Å². The number of ether oxygens (including phenoxy) is 1. The molecule has 7 heteroatoms. The first kappa shape index (κ1) is 25.0. The van der Waals surface area contributed by atoms with Crippen molar-refractivity contribution < 1.29 is 18.7 Å². The molecule has 0 saturated heterocycles. The maximum absolute atomic E-state index is 14.4. The highest BCUT2D eigenvalue weighted by Gasteiger charge is 2.29. The molecule has 0 spiro atoms. The highest BCUT2D eigenvalue weighted by Crippen LogP contribution is 2.25. The predicted octanol–water partition coefficient (Wildman–Crippen LogP) is 5.21. The van der Waals surface area contributed by atoms with Gasteiger partial charge in [0.2, 0.25) is 5.91 Å². The number of halogens is 2. The van der Waals surface area contributed by atoms with Crippen LogP contribution in [-0.2, 0) is 11.2 Å². The Morgan fingerprint density at radius 2 is 1.85 bits per heavy atom. The smallest absolute Gasteiger partial charge is 0.257 e. The molecule has 2 amide bonds. The molecular formula is C26H32ClFN2O3. The first-order valence-electron chi connectivity index (χ1n) is 11.5. The third-order valence-electron chi connectivity index (χ3n) is 6.15. The van der Waals surface area contributed by atoms with Crippen molar-refractivity contribution in [3.8, 4) is 5.75 Å². The van der Waals surface area contributed by atoms with Crippen LogP contribution in [0.5, 0.6) is 5.75 Å². The third kappa shape index (κ3) is 6.26. The van der Waals surface area contributed by atoms with Crippen LogP contribution < -0.4 is 4.74 Å². The van der Waals surface area contributed by atoms with Gasteiger partial charge in [-0.3, -0.25) is 9.59 Å². The number of carbonyl (C=O) groups is 2. The van der Waals surface area contributed by atoms with Gasteiger partial charge in [-0.15, -0.1) is 0 Å². The average molecular weight is 475 g/mol. The van der Waals surface area contributed by atoms with Crippen LogP contribution in [0.1, 0.15) is 49.0 Å². The van der Waals surface area contributed by atoms with Crippen LogP contribution in [0.4, 0.5) is 4.39 Å². The maximum atomic E-state index is 14.4. The lowest BCUT2D eigenvalue weighted by atomic mass is 10.0. The quantitative estimate of drug-likeness (QED) is 0.613. The Kier molecular flexibility index (Phi) is 8.73. The highest BCUT2D eigenvalue weighted by molar-refractivity contribution is 6.31. The van der Waals surface area contributed by atoms with Gasteiger partial charge in [-0.25, -0.2) is 4.39 Å². The minimum atomic E-state index is -0.477. The van der Waals surface area contributed by atoms with E-state index >= 15 is 0 Å². The molecule has 1 aliphatic rings. The van der Waals surface area contributed by atoms with Gasteiger partial charge in [0.25, 0.3) is 5.91 Å². The maximum Gasteiger partial charge on any atom is 0.257 e. The number of nitrogens with zero attached hydrogens (tertiary/aromatic N) is 2. The van der Waals surface area contributed by atoms with E-state index in [2.05, 4.69) is 0 Å². The van der Waals surface area contributed by atoms with E-state index in [4.69, 9.17) is 16.3 Å². The number of benzene rings is 2.